The summed E-state index contributed by atoms with van der Waals surface area (Å²) in [5, 5.41) is 15.4. The molecule has 0 saturated heterocycles. The number of aromatic nitrogens is 2. The lowest BCUT2D eigenvalue weighted by molar-refractivity contribution is -0.216. The number of rotatable bonds is 13. The number of carbonyl (C=O) groups excluding carboxylic acids is 1. The minimum absolute atomic E-state index is 0.102. The van der Waals surface area contributed by atoms with Crippen molar-refractivity contribution < 1.29 is 45.8 Å². The van der Waals surface area contributed by atoms with E-state index in [-0.39, 0.29) is 47.4 Å². The van der Waals surface area contributed by atoms with Gasteiger partial charge in [-0.2, -0.15) is 18.2 Å². The molecular weight excluding hydrogens is 691 g/mol. The number of nitrogens with zero attached hydrogens (tertiary/aromatic N) is 2. The Morgan fingerprint density at radius 2 is 1.59 bits per heavy atom. The van der Waals surface area contributed by atoms with Crippen LogP contribution in [0.15, 0.2) is 53.4 Å². The molecular formula is C35H44F3N5O7S. The van der Waals surface area contributed by atoms with Crippen LogP contribution < -0.4 is 20.1 Å². The normalized spacial score (nSPS) is 17.2. The molecule has 1 heterocycles. The molecule has 12 nitrogen and oxygen atoms in total. The maximum Gasteiger partial charge on any atom is 0.407 e. The highest BCUT2D eigenvalue weighted by Crippen LogP contribution is 2.41. The van der Waals surface area contributed by atoms with Gasteiger partial charge in [0.2, 0.25) is 11.8 Å². The molecule has 1 aliphatic carbocycles. The van der Waals surface area contributed by atoms with Gasteiger partial charge in [-0.3, -0.25) is 0 Å². The second kappa shape index (κ2) is 15.0. The Kier molecular flexibility index (Phi) is 11.6. The van der Waals surface area contributed by atoms with E-state index >= 15 is 0 Å². The molecule has 4 rings (SSSR count). The van der Waals surface area contributed by atoms with Gasteiger partial charge in [-0.05, 0) is 83.2 Å². The molecule has 1 atom stereocenters. The first-order valence-electron chi connectivity index (χ1n) is 16.3. The van der Waals surface area contributed by atoms with Gasteiger partial charge in [0.05, 0.1) is 21.6 Å². The van der Waals surface area contributed by atoms with Crippen molar-refractivity contribution in [2.45, 2.75) is 103 Å². The first kappa shape index (κ1) is 39.3. The van der Waals surface area contributed by atoms with E-state index in [1.807, 2.05) is 32.0 Å². The molecule has 16 heteroatoms. The molecule has 3 aromatic rings. The van der Waals surface area contributed by atoms with Crippen LogP contribution in [-0.2, 0) is 14.8 Å². The number of alkyl carbamates (subject to hydrolysis) is 1. The first-order valence-corrected chi connectivity index (χ1v) is 17.8. The zero-order valence-corrected chi connectivity index (χ0v) is 30.3. The van der Waals surface area contributed by atoms with Crippen molar-refractivity contribution in [2.24, 2.45) is 5.41 Å². The molecule has 0 aliphatic heterocycles. The predicted molar refractivity (Wildman–Crippen MR) is 184 cm³/mol. The molecule has 1 aromatic heterocycles. The summed E-state index contributed by atoms with van der Waals surface area (Å²) in [6, 6.07) is 10.5. The number of hydrogen-bond acceptors (Lipinski definition) is 9. The minimum Gasteiger partial charge on any atom is -0.478 e. The Morgan fingerprint density at radius 3 is 2.18 bits per heavy atom. The Bertz CT molecular complexity index is 1840. The predicted octanol–water partition coefficient (Wildman–Crippen LogP) is 6.63. The molecule has 1 saturated carbocycles. The van der Waals surface area contributed by atoms with E-state index in [4.69, 9.17) is 9.47 Å². The summed E-state index contributed by atoms with van der Waals surface area (Å²) in [5.74, 6) is -1.81. The Labute approximate surface area is 295 Å². The highest BCUT2D eigenvalue weighted by molar-refractivity contribution is 7.92. The summed E-state index contributed by atoms with van der Waals surface area (Å²) in [5.41, 5.74) is -0.424. The van der Waals surface area contributed by atoms with Crippen LogP contribution in [0.4, 0.5) is 23.9 Å². The average Bonchev–Trinajstić information content (AvgIpc) is 2.97. The van der Waals surface area contributed by atoms with Crippen molar-refractivity contribution in [1.29, 1.82) is 0 Å². The number of sulfonamides is 1. The minimum atomic E-state index is -4.51. The van der Waals surface area contributed by atoms with Crippen molar-refractivity contribution >= 4 is 28.0 Å². The number of hydrogen-bond donors (Lipinski definition) is 4. The number of anilines is 1. The van der Waals surface area contributed by atoms with Gasteiger partial charge >= 0.3 is 18.2 Å². The summed E-state index contributed by atoms with van der Waals surface area (Å²) in [4.78, 5) is 32.0. The number of aryl methyl sites for hydroxylation is 2. The highest BCUT2D eigenvalue weighted by Gasteiger charge is 2.48. The third-order valence-corrected chi connectivity index (χ3v) is 9.67. The van der Waals surface area contributed by atoms with E-state index in [1.165, 1.54) is 24.3 Å². The van der Waals surface area contributed by atoms with Crippen LogP contribution in [0.25, 0.3) is 11.3 Å². The van der Waals surface area contributed by atoms with Crippen LogP contribution in [0.3, 0.4) is 0 Å². The number of amides is 1. The van der Waals surface area contributed by atoms with Crippen molar-refractivity contribution in [3.05, 3.63) is 65.2 Å². The van der Waals surface area contributed by atoms with Crippen LogP contribution in [0, 0.1) is 19.3 Å². The van der Waals surface area contributed by atoms with Crippen LogP contribution in [0.1, 0.15) is 75.4 Å². The van der Waals surface area contributed by atoms with Gasteiger partial charge in [0.15, 0.2) is 0 Å². The van der Waals surface area contributed by atoms with Gasteiger partial charge in [-0.25, -0.2) is 27.7 Å². The van der Waals surface area contributed by atoms with Gasteiger partial charge < -0.3 is 25.2 Å². The summed E-state index contributed by atoms with van der Waals surface area (Å²) >= 11 is 0. The van der Waals surface area contributed by atoms with E-state index in [0.29, 0.717) is 24.1 Å². The van der Waals surface area contributed by atoms with Gasteiger partial charge in [-0.15, -0.1) is 0 Å². The summed E-state index contributed by atoms with van der Waals surface area (Å²) in [6.45, 7) is 10.8. The molecule has 1 amide bonds. The molecule has 278 valence electrons. The Morgan fingerprint density at radius 1 is 0.961 bits per heavy atom. The monoisotopic (exact) mass is 735 g/mol. The van der Waals surface area contributed by atoms with Crippen LogP contribution in [-0.4, -0.2) is 72.1 Å². The fraction of sp³-hybridized carbons (Fsp3) is 0.486. The fourth-order valence-corrected chi connectivity index (χ4v) is 6.62. The molecule has 2 aromatic carbocycles. The van der Waals surface area contributed by atoms with E-state index in [1.54, 1.807) is 20.8 Å². The van der Waals surface area contributed by atoms with Crippen molar-refractivity contribution in [1.82, 2.24) is 20.6 Å². The number of halogens is 3. The second-order valence-electron chi connectivity index (χ2n) is 14.4. The summed E-state index contributed by atoms with van der Waals surface area (Å²) in [7, 11) is -4.38. The van der Waals surface area contributed by atoms with Crippen molar-refractivity contribution in [3.8, 4) is 17.1 Å². The molecule has 0 spiro atoms. The largest absolute Gasteiger partial charge is 0.478 e. The molecule has 4 N–H and O–H groups in total. The lowest BCUT2D eigenvalue weighted by atomic mass is 9.82. The number of nitrogens with one attached hydrogen (secondary N) is 3. The zero-order chi connectivity index (χ0) is 37.9. The lowest BCUT2D eigenvalue weighted by Gasteiger charge is -2.40. The number of carboxylic acids is 1. The molecule has 1 fully saturated rings. The number of aromatic carboxylic acids is 1. The van der Waals surface area contributed by atoms with Crippen LogP contribution in [0.5, 0.6) is 5.88 Å². The topological polar surface area (TPSA) is 169 Å². The van der Waals surface area contributed by atoms with Gasteiger partial charge in [-0.1, -0.05) is 38.1 Å². The standard InChI is InChI=1S/C35H44F3N5O7S/c1-20-10-8-11-21(2)29(20)27-17-28(42-31(41-27)43-51(47,48)26-13-9-12-22(14-26)30(44)45)49-19-25(18-34(6,7)35(36,37)38)39-23-15-24(16-23)40-32(46)50-33(3,4)5/h8-14,17,23-25,39H,15-16,18-19H2,1-7H3,(H,40,46)(H,44,45)(H,41,42,43). The molecule has 0 bridgehead atoms. The summed E-state index contributed by atoms with van der Waals surface area (Å²) < 4.78 is 82.3. The summed E-state index contributed by atoms with van der Waals surface area (Å²) in [6.07, 6.45) is -4.52. The van der Waals surface area contributed by atoms with Crippen LogP contribution in [0.2, 0.25) is 0 Å². The SMILES string of the molecule is Cc1cccc(C)c1-c1cc(OCC(CC(C)(C)C(F)(F)F)NC2CC(NC(=O)OC(C)(C)C)C2)nc(NS(=O)(=O)c2cccc(C(=O)O)c2)n1. The zero-order valence-electron chi connectivity index (χ0n) is 29.5. The molecule has 1 aliphatic rings. The number of carboxylic acid groups (broad SMARTS) is 1. The molecule has 51 heavy (non-hydrogen) atoms. The first-order chi connectivity index (χ1) is 23.5. The van der Waals surface area contributed by atoms with E-state index in [2.05, 4.69) is 25.3 Å². The van der Waals surface area contributed by atoms with Crippen molar-refractivity contribution in [3.63, 3.8) is 0 Å². The van der Waals surface area contributed by atoms with Gasteiger partial charge in [0.25, 0.3) is 10.0 Å². The quantitative estimate of drug-likeness (QED) is 0.150. The number of alkyl halides is 3. The number of ether oxygens (including phenoxy) is 2. The smallest absolute Gasteiger partial charge is 0.407 e. The van der Waals surface area contributed by atoms with Gasteiger partial charge in [0, 0.05) is 29.8 Å². The molecule has 0 radical (unpaired) electrons. The van der Waals surface area contributed by atoms with Crippen LogP contribution >= 0.6 is 0 Å². The Balaban J connectivity index is 1.61. The Hall–Kier alpha value is -4.44. The van der Waals surface area contributed by atoms with E-state index in [9.17, 15) is 36.3 Å². The van der Waals surface area contributed by atoms with E-state index in [0.717, 1.165) is 31.0 Å². The fourth-order valence-electron chi connectivity index (χ4n) is 5.63. The van der Waals surface area contributed by atoms with E-state index < -0.39 is 45.3 Å². The lowest BCUT2D eigenvalue weighted by Crippen LogP contribution is -2.57. The average molecular weight is 736 g/mol. The van der Waals surface area contributed by atoms with Gasteiger partial charge in [0.1, 0.15) is 12.2 Å². The maximum atomic E-state index is 14.0. The maximum absolute atomic E-state index is 14.0. The highest BCUT2D eigenvalue weighted by atomic mass is 32.2. The number of carbonyl (C=O) groups is 2. The molecule has 1 unspecified atom stereocenters. The third kappa shape index (κ3) is 10.5. The number of benzene rings is 2. The third-order valence-electron chi connectivity index (χ3n) is 8.34. The van der Waals surface area contributed by atoms with Crippen molar-refractivity contribution in [2.75, 3.05) is 11.3 Å². The second-order valence-corrected chi connectivity index (χ2v) is 16.1.